The zero-order valence-corrected chi connectivity index (χ0v) is 9.73. The van der Waals surface area contributed by atoms with Crippen LogP contribution in [0.4, 0.5) is 8.78 Å². The lowest BCUT2D eigenvalue weighted by molar-refractivity contribution is -0.158. The van der Waals surface area contributed by atoms with E-state index in [1.807, 2.05) is 12.1 Å². The van der Waals surface area contributed by atoms with Crippen molar-refractivity contribution in [2.75, 3.05) is 13.1 Å². The Hall–Kier alpha value is -1.56. The molecule has 1 aliphatic heterocycles. The van der Waals surface area contributed by atoms with Gasteiger partial charge in [-0.3, -0.25) is 4.98 Å². The van der Waals surface area contributed by atoms with Crippen molar-refractivity contribution in [1.29, 1.82) is 0 Å². The van der Waals surface area contributed by atoms with Gasteiger partial charge in [-0.2, -0.15) is 8.78 Å². The fraction of sp³-hybridized carbons (Fsp3) is 0.500. The van der Waals surface area contributed by atoms with Crippen LogP contribution in [0.1, 0.15) is 12.0 Å². The third-order valence-corrected chi connectivity index (χ3v) is 2.77. The van der Waals surface area contributed by atoms with E-state index in [4.69, 9.17) is 0 Å². The van der Waals surface area contributed by atoms with E-state index in [0.29, 0.717) is 6.54 Å². The Bertz CT molecular complexity index is 412. The summed E-state index contributed by atoms with van der Waals surface area (Å²) >= 11 is 0. The van der Waals surface area contributed by atoms with Crippen molar-refractivity contribution in [3.8, 4) is 0 Å². The minimum absolute atomic E-state index is 0.256. The fourth-order valence-corrected chi connectivity index (χ4v) is 1.81. The van der Waals surface area contributed by atoms with Gasteiger partial charge in [0.25, 0.3) is 0 Å². The molecule has 1 fully saturated rings. The maximum Gasteiger partial charge on any atom is 0.377 e. The van der Waals surface area contributed by atoms with E-state index in [1.165, 1.54) is 0 Å². The number of esters is 1. The lowest BCUT2D eigenvalue weighted by atomic mass is 10.2. The molecule has 18 heavy (non-hydrogen) atoms. The molecule has 1 aliphatic rings. The minimum Gasteiger partial charge on any atom is -0.456 e. The van der Waals surface area contributed by atoms with Gasteiger partial charge in [0.1, 0.15) is 6.10 Å². The molecular weight excluding hydrogens is 242 g/mol. The maximum atomic E-state index is 12.9. The SMILES string of the molecule is O=C1OC(CNCCc2ccncc2)CC1(F)F. The molecule has 1 atom stereocenters. The smallest absolute Gasteiger partial charge is 0.377 e. The molecule has 1 N–H and O–H groups in total. The van der Waals surface area contributed by atoms with E-state index in [1.54, 1.807) is 12.4 Å². The monoisotopic (exact) mass is 256 g/mol. The summed E-state index contributed by atoms with van der Waals surface area (Å²) in [4.78, 5) is 14.7. The normalized spacial score (nSPS) is 21.9. The van der Waals surface area contributed by atoms with Gasteiger partial charge in [0.05, 0.1) is 6.42 Å². The summed E-state index contributed by atoms with van der Waals surface area (Å²) in [7, 11) is 0. The number of ether oxygens (including phenoxy) is 1. The van der Waals surface area contributed by atoms with E-state index in [2.05, 4.69) is 15.0 Å². The van der Waals surface area contributed by atoms with Gasteiger partial charge in [-0.1, -0.05) is 0 Å². The first-order valence-corrected chi connectivity index (χ1v) is 5.76. The number of carbonyl (C=O) groups is 1. The van der Waals surface area contributed by atoms with E-state index in [-0.39, 0.29) is 6.54 Å². The van der Waals surface area contributed by atoms with Crippen LogP contribution in [0.25, 0.3) is 0 Å². The number of aromatic nitrogens is 1. The van der Waals surface area contributed by atoms with E-state index in [9.17, 15) is 13.6 Å². The topological polar surface area (TPSA) is 51.2 Å². The molecule has 1 aromatic heterocycles. The molecule has 2 heterocycles. The standard InChI is InChI=1S/C12H14F2N2O2/c13-12(14)7-10(18-11(12)17)8-16-6-3-9-1-4-15-5-2-9/h1-2,4-5,10,16H,3,6-8H2. The van der Waals surface area contributed by atoms with Crippen molar-refractivity contribution in [2.45, 2.75) is 24.9 Å². The molecule has 0 aliphatic carbocycles. The predicted molar refractivity (Wildman–Crippen MR) is 60.3 cm³/mol. The Morgan fingerprint density at radius 3 is 2.78 bits per heavy atom. The van der Waals surface area contributed by atoms with Gasteiger partial charge in [0.2, 0.25) is 0 Å². The Kier molecular flexibility index (Phi) is 3.86. The van der Waals surface area contributed by atoms with Gasteiger partial charge in [-0.05, 0) is 30.7 Å². The molecule has 0 radical (unpaired) electrons. The summed E-state index contributed by atoms with van der Waals surface area (Å²) in [6, 6.07) is 3.79. The van der Waals surface area contributed by atoms with Crippen LogP contribution in [0.3, 0.4) is 0 Å². The molecule has 0 bridgehead atoms. The molecule has 4 nitrogen and oxygen atoms in total. The van der Waals surface area contributed by atoms with E-state index in [0.717, 1.165) is 12.0 Å². The second kappa shape index (κ2) is 5.39. The number of hydrogen-bond acceptors (Lipinski definition) is 4. The van der Waals surface area contributed by atoms with Gasteiger partial charge in [-0.25, -0.2) is 4.79 Å². The average Bonchev–Trinajstić information content (AvgIpc) is 2.60. The summed E-state index contributed by atoms with van der Waals surface area (Å²) in [5, 5.41) is 3.00. The predicted octanol–water partition coefficient (Wildman–Crippen LogP) is 1.16. The maximum absolute atomic E-state index is 12.9. The van der Waals surface area contributed by atoms with E-state index >= 15 is 0 Å². The fourth-order valence-electron chi connectivity index (χ4n) is 1.81. The van der Waals surface area contributed by atoms with Crippen LogP contribution in [-0.4, -0.2) is 36.1 Å². The first-order valence-electron chi connectivity index (χ1n) is 5.76. The second-order valence-electron chi connectivity index (χ2n) is 4.25. The van der Waals surface area contributed by atoms with Crippen LogP contribution < -0.4 is 5.32 Å². The Morgan fingerprint density at radius 1 is 1.44 bits per heavy atom. The summed E-state index contributed by atoms with van der Waals surface area (Å²) in [6.45, 7) is 0.899. The minimum atomic E-state index is -3.32. The third-order valence-electron chi connectivity index (χ3n) is 2.77. The molecule has 0 aromatic carbocycles. The largest absolute Gasteiger partial charge is 0.456 e. The molecule has 6 heteroatoms. The van der Waals surface area contributed by atoms with Crippen LogP contribution >= 0.6 is 0 Å². The highest BCUT2D eigenvalue weighted by Crippen LogP contribution is 2.30. The van der Waals surface area contributed by atoms with Crippen LogP contribution in [0, 0.1) is 0 Å². The lowest BCUT2D eigenvalue weighted by Gasteiger charge is -2.09. The average molecular weight is 256 g/mol. The molecule has 0 spiro atoms. The van der Waals surface area contributed by atoms with Gasteiger partial charge < -0.3 is 10.1 Å². The number of alkyl halides is 2. The highest BCUT2D eigenvalue weighted by atomic mass is 19.3. The zero-order chi connectivity index (χ0) is 13.0. The van der Waals surface area contributed by atoms with Crippen LogP contribution in [0.2, 0.25) is 0 Å². The van der Waals surface area contributed by atoms with Gasteiger partial charge >= 0.3 is 11.9 Å². The summed E-state index contributed by atoms with van der Waals surface area (Å²) < 4.78 is 30.3. The molecule has 1 saturated heterocycles. The first-order chi connectivity index (χ1) is 8.58. The quantitative estimate of drug-likeness (QED) is 0.634. The van der Waals surface area contributed by atoms with Crippen LogP contribution in [0.5, 0.6) is 0 Å². The number of pyridine rings is 1. The summed E-state index contributed by atoms with van der Waals surface area (Å²) in [5.41, 5.74) is 1.12. The Morgan fingerprint density at radius 2 is 2.17 bits per heavy atom. The number of rotatable bonds is 5. The van der Waals surface area contributed by atoms with Crippen LogP contribution in [-0.2, 0) is 16.0 Å². The zero-order valence-electron chi connectivity index (χ0n) is 9.73. The lowest BCUT2D eigenvalue weighted by Crippen LogP contribution is -2.28. The van der Waals surface area contributed by atoms with Crippen molar-refractivity contribution >= 4 is 5.97 Å². The van der Waals surface area contributed by atoms with Gasteiger partial charge in [-0.15, -0.1) is 0 Å². The number of hydrogen-bond donors (Lipinski definition) is 1. The molecule has 2 rings (SSSR count). The summed E-state index contributed by atoms with van der Waals surface area (Å²) in [5.74, 6) is -4.74. The molecule has 0 saturated carbocycles. The molecule has 0 amide bonds. The molecular formula is C12H14F2N2O2. The Labute approximate surface area is 103 Å². The number of carbonyl (C=O) groups excluding carboxylic acids is 1. The van der Waals surface area contributed by atoms with E-state index < -0.39 is 24.4 Å². The van der Waals surface area contributed by atoms with Crippen molar-refractivity contribution in [3.63, 3.8) is 0 Å². The Balaban J connectivity index is 1.67. The number of nitrogens with one attached hydrogen (secondary N) is 1. The highest BCUT2D eigenvalue weighted by molar-refractivity contribution is 5.79. The van der Waals surface area contributed by atoms with Crippen LogP contribution in [0.15, 0.2) is 24.5 Å². The number of halogens is 2. The highest BCUT2D eigenvalue weighted by Gasteiger charge is 2.50. The summed E-state index contributed by atoms with van der Waals surface area (Å²) in [6.07, 6.45) is 2.92. The van der Waals surface area contributed by atoms with Crippen molar-refractivity contribution in [2.24, 2.45) is 0 Å². The second-order valence-corrected chi connectivity index (χ2v) is 4.25. The van der Waals surface area contributed by atoms with Crippen molar-refractivity contribution < 1.29 is 18.3 Å². The molecule has 98 valence electrons. The third kappa shape index (κ3) is 3.22. The van der Waals surface area contributed by atoms with Crippen molar-refractivity contribution in [1.82, 2.24) is 10.3 Å². The number of nitrogens with zero attached hydrogens (tertiary/aromatic N) is 1. The van der Waals surface area contributed by atoms with Crippen molar-refractivity contribution in [3.05, 3.63) is 30.1 Å². The van der Waals surface area contributed by atoms with Gasteiger partial charge in [0, 0.05) is 18.9 Å². The first kappa shape index (κ1) is 12.9. The molecule has 1 aromatic rings. The number of cyclic esters (lactones) is 1. The van der Waals surface area contributed by atoms with Gasteiger partial charge in [0.15, 0.2) is 0 Å². The molecule has 1 unspecified atom stereocenters.